The number of rotatable bonds is 34. The summed E-state index contributed by atoms with van der Waals surface area (Å²) in [6.45, 7) is 4.19. The fraction of sp³-hybridized carbons (Fsp3) is 0.821. The van der Waals surface area contributed by atoms with Crippen LogP contribution in [0.15, 0.2) is 24.3 Å². The Morgan fingerprint density at radius 2 is 1.09 bits per heavy atom. The molecule has 0 rings (SSSR count). The van der Waals surface area contributed by atoms with Gasteiger partial charge >= 0.3 is 11.9 Å². The highest BCUT2D eigenvalue weighted by Crippen LogP contribution is 2.16. The minimum atomic E-state index is -1.02. The van der Waals surface area contributed by atoms with Crippen molar-refractivity contribution in [2.45, 2.75) is 200 Å². The Morgan fingerprint density at radius 1 is 0.600 bits per heavy atom. The van der Waals surface area contributed by atoms with Crippen LogP contribution in [0.2, 0.25) is 0 Å². The molecule has 0 aromatic heterocycles. The van der Waals surface area contributed by atoms with Gasteiger partial charge in [-0.1, -0.05) is 154 Å². The summed E-state index contributed by atoms with van der Waals surface area (Å²) in [5.41, 5.74) is 0. The van der Waals surface area contributed by atoms with Crippen LogP contribution in [0.4, 0.5) is 0 Å². The Bertz CT molecular complexity index is 748. The number of ether oxygens (including phenoxy) is 1. The predicted octanol–water partition coefficient (Wildman–Crippen LogP) is 11.2. The van der Waals surface area contributed by atoms with Crippen LogP contribution in [-0.2, 0) is 19.1 Å². The van der Waals surface area contributed by atoms with E-state index in [2.05, 4.69) is 43.5 Å². The first-order valence-corrected chi connectivity index (χ1v) is 19.0. The molecule has 0 saturated heterocycles. The molecular formula is C39H71NO5. The number of carbonyl (C=O) groups is 3. The summed E-state index contributed by atoms with van der Waals surface area (Å²) < 4.78 is 5.90. The molecule has 1 atom stereocenters. The quantitative estimate of drug-likeness (QED) is 0.0418. The van der Waals surface area contributed by atoms with Crippen LogP contribution in [-0.4, -0.2) is 35.6 Å². The van der Waals surface area contributed by atoms with Crippen molar-refractivity contribution < 1.29 is 24.2 Å². The first-order chi connectivity index (χ1) is 22.0. The van der Waals surface area contributed by atoms with Crippen molar-refractivity contribution in [3.63, 3.8) is 0 Å². The molecule has 0 bridgehead atoms. The van der Waals surface area contributed by atoms with Gasteiger partial charge in [0.1, 0.15) is 12.6 Å². The number of unbranched alkanes of at least 4 members (excludes halogenated alkanes) is 21. The summed E-state index contributed by atoms with van der Waals surface area (Å²) in [6, 6.07) is 0. The first kappa shape index (κ1) is 42.9. The second kappa shape index (κ2) is 34.8. The average Bonchev–Trinajstić information content (AvgIpc) is 3.02. The van der Waals surface area contributed by atoms with Gasteiger partial charge in [-0.25, -0.2) is 0 Å². The highest BCUT2D eigenvalue weighted by Gasteiger charge is 2.11. The molecule has 1 amide bonds. The second-order valence-corrected chi connectivity index (χ2v) is 12.8. The van der Waals surface area contributed by atoms with Crippen molar-refractivity contribution in [2.24, 2.45) is 0 Å². The van der Waals surface area contributed by atoms with Gasteiger partial charge < -0.3 is 15.2 Å². The third kappa shape index (κ3) is 34.6. The van der Waals surface area contributed by atoms with E-state index in [1.54, 1.807) is 0 Å². The van der Waals surface area contributed by atoms with Gasteiger partial charge in [0.05, 0.1) is 0 Å². The molecule has 0 heterocycles. The second-order valence-electron chi connectivity index (χ2n) is 12.8. The number of hydrogen-bond donors (Lipinski definition) is 2. The van der Waals surface area contributed by atoms with Gasteiger partial charge in [-0.05, 0) is 51.0 Å². The molecule has 0 aliphatic carbocycles. The van der Waals surface area contributed by atoms with Crippen molar-refractivity contribution in [3.8, 4) is 0 Å². The zero-order valence-corrected chi connectivity index (χ0v) is 29.5. The van der Waals surface area contributed by atoms with E-state index in [1.165, 1.54) is 96.3 Å². The van der Waals surface area contributed by atoms with Gasteiger partial charge in [0.2, 0.25) is 5.91 Å². The number of allylic oxidation sites excluding steroid dienone is 3. The van der Waals surface area contributed by atoms with E-state index in [-0.39, 0.29) is 24.5 Å². The molecule has 6 nitrogen and oxygen atoms in total. The summed E-state index contributed by atoms with van der Waals surface area (Å²) in [5.74, 6) is -1.28. The lowest BCUT2D eigenvalue weighted by Gasteiger charge is -2.14. The van der Waals surface area contributed by atoms with Crippen LogP contribution >= 0.6 is 0 Å². The molecule has 0 spiro atoms. The Balaban J connectivity index is 4.21. The molecule has 0 aromatic carbocycles. The molecule has 0 aromatic rings. The van der Waals surface area contributed by atoms with Crippen molar-refractivity contribution >= 4 is 17.8 Å². The Morgan fingerprint density at radius 3 is 1.64 bits per heavy atom. The maximum Gasteiger partial charge on any atom is 0.322 e. The summed E-state index contributed by atoms with van der Waals surface area (Å²) in [4.78, 5) is 34.8. The average molecular weight is 634 g/mol. The van der Waals surface area contributed by atoms with Crippen molar-refractivity contribution in [1.29, 1.82) is 0 Å². The zero-order chi connectivity index (χ0) is 33.1. The van der Waals surface area contributed by atoms with E-state index in [0.29, 0.717) is 12.8 Å². The maximum absolute atomic E-state index is 12.6. The summed E-state index contributed by atoms with van der Waals surface area (Å²) in [7, 11) is 0. The third-order valence-electron chi connectivity index (χ3n) is 8.36. The van der Waals surface area contributed by atoms with Crippen LogP contribution in [0.5, 0.6) is 0 Å². The first-order valence-electron chi connectivity index (χ1n) is 19.0. The zero-order valence-electron chi connectivity index (χ0n) is 29.5. The number of carboxylic acid groups (broad SMARTS) is 1. The lowest BCUT2D eigenvalue weighted by Crippen LogP contribution is -2.28. The summed E-state index contributed by atoms with van der Waals surface area (Å²) >= 11 is 0. The fourth-order valence-corrected chi connectivity index (χ4v) is 5.52. The number of nitrogens with one attached hydrogen (secondary N) is 1. The monoisotopic (exact) mass is 634 g/mol. The molecule has 0 aliphatic rings. The largest absolute Gasteiger partial charge is 0.480 e. The molecule has 6 heteroatoms. The molecule has 262 valence electrons. The van der Waals surface area contributed by atoms with Gasteiger partial charge in [0.15, 0.2) is 0 Å². The summed E-state index contributed by atoms with van der Waals surface area (Å²) in [6.07, 6.45) is 40.2. The topological polar surface area (TPSA) is 92.7 Å². The number of esters is 1. The Labute approximate surface area is 277 Å². The van der Waals surface area contributed by atoms with Crippen LogP contribution in [0.1, 0.15) is 194 Å². The smallest absolute Gasteiger partial charge is 0.322 e. The predicted molar refractivity (Wildman–Crippen MR) is 189 cm³/mol. The maximum atomic E-state index is 12.6. The van der Waals surface area contributed by atoms with E-state index in [1.807, 2.05) is 0 Å². The molecular weight excluding hydrogens is 562 g/mol. The molecule has 0 aliphatic heterocycles. The normalized spacial score (nSPS) is 12.2. The van der Waals surface area contributed by atoms with Gasteiger partial charge in [0, 0.05) is 12.8 Å². The highest BCUT2D eigenvalue weighted by atomic mass is 16.5. The number of carboxylic acids is 1. The van der Waals surface area contributed by atoms with Crippen LogP contribution < -0.4 is 5.32 Å². The lowest BCUT2D eigenvalue weighted by atomic mass is 10.0. The Kier molecular flexibility index (Phi) is 33.1. The molecule has 1 unspecified atom stereocenters. The number of amides is 1. The van der Waals surface area contributed by atoms with Crippen LogP contribution in [0, 0.1) is 0 Å². The molecule has 0 fully saturated rings. The highest BCUT2D eigenvalue weighted by molar-refractivity contribution is 5.80. The minimum Gasteiger partial charge on any atom is -0.480 e. The van der Waals surface area contributed by atoms with E-state index < -0.39 is 5.97 Å². The molecule has 0 radical (unpaired) electrons. The van der Waals surface area contributed by atoms with Crippen LogP contribution in [0.3, 0.4) is 0 Å². The van der Waals surface area contributed by atoms with E-state index in [0.717, 1.165) is 70.6 Å². The molecule has 2 N–H and O–H groups in total. The van der Waals surface area contributed by atoms with Gasteiger partial charge in [0.25, 0.3) is 0 Å². The Hall–Kier alpha value is -2.11. The van der Waals surface area contributed by atoms with E-state index >= 15 is 0 Å². The molecule has 45 heavy (non-hydrogen) atoms. The number of hydrogen-bond acceptors (Lipinski definition) is 4. The molecule has 0 saturated carbocycles. The standard InChI is InChI=1S/C39H71NO5/c1-3-5-7-9-11-13-14-15-16-18-20-26-30-34-39(44)45-36(31-27-23-19-17-12-10-8-6-4-2)32-28-24-21-22-25-29-33-37(41)40-35-38(42)43/h17,19,27,31,36H,3-16,18,20-26,28-30,32-35H2,1-2H3,(H,40,41)(H,42,43)/b19-17-,31-27-. The van der Waals surface area contributed by atoms with E-state index in [9.17, 15) is 14.4 Å². The fourth-order valence-electron chi connectivity index (χ4n) is 5.52. The SMILES string of the molecule is CCCCCC/C=C\C/C=C\C(CCCCCCCCC(=O)NCC(=O)O)OC(=O)CCCCCCCCCCCCCCC. The van der Waals surface area contributed by atoms with Crippen LogP contribution in [0.25, 0.3) is 0 Å². The lowest BCUT2D eigenvalue weighted by molar-refractivity contribution is -0.147. The van der Waals surface area contributed by atoms with Gasteiger partial charge in [-0.15, -0.1) is 0 Å². The minimum absolute atomic E-state index is 0.0691. The summed E-state index contributed by atoms with van der Waals surface area (Å²) in [5, 5.41) is 11.0. The third-order valence-corrected chi connectivity index (χ3v) is 8.36. The number of aliphatic carboxylic acids is 1. The van der Waals surface area contributed by atoms with Gasteiger partial charge in [-0.2, -0.15) is 0 Å². The number of carbonyl (C=O) groups excluding carboxylic acids is 2. The van der Waals surface area contributed by atoms with Gasteiger partial charge in [-0.3, -0.25) is 14.4 Å². The van der Waals surface area contributed by atoms with Crippen molar-refractivity contribution in [3.05, 3.63) is 24.3 Å². The van der Waals surface area contributed by atoms with Crippen molar-refractivity contribution in [1.82, 2.24) is 5.32 Å². The van der Waals surface area contributed by atoms with E-state index in [4.69, 9.17) is 9.84 Å². The van der Waals surface area contributed by atoms with Crippen molar-refractivity contribution in [2.75, 3.05) is 6.54 Å².